The number of piperidine rings is 1. The van der Waals surface area contributed by atoms with Crippen molar-refractivity contribution < 1.29 is 26.4 Å². The number of carbonyl (C=O) groups is 1. The third-order valence-corrected chi connectivity index (χ3v) is 10.8. The number of ether oxygens (including phenoxy) is 1. The minimum Gasteiger partial charge on any atom is -0.495 e. The van der Waals surface area contributed by atoms with Crippen LogP contribution >= 0.6 is 15.9 Å². The Balaban J connectivity index is 1.41. The van der Waals surface area contributed by atoms with Crippen LogP contribution < -0.4 is 10.1 Å². The number of nitrogens with zero attached hydrogens (tertiary/aromatic N) is 2. The largest absolute Gasteiger partial charge is 0.495 e. The van der Waals surface area contributed by atoms with E-state index >= 15 is 0 Å². The van der Waals surface area contributed by atoms with Gasteiger partial charge in [-0.05, 0) is 61.6 Å². The number of carbonyl (C=O) groups excluding carboxylic acids is 1. The summed E-state index contributed by atoms with van der Waals surface area (Å²) in [6.45, 7) is 1.46. The van der Waals surface area contributed by atoms with Crippen LogP contribution in [0.5, 0.6) is 5.75 Å². The van der Waals surface area contributed by atoms with Crippen LogP contribution in [0.4, 0.5) is 5.69 Å². The van der Waals surface area contributed by atoms with E-state index in [1.54, 1.807) is 18.2 Å². The van der Waals surface area contributed by atoms with E-state index in [0.29, 0.717) is 37.2 Å². The lowest BCUT2D eigenvalue weighted by Crippen LogP contribution is -2.41. The summed E-state index contributed by atoms with van der Waals surface area (Å²) in [6.07, 6.45) is 2.40. The van der Waals surface area contributed by atoms with Crippen LogP contribution in [0.2, 0.25) is 0 Å². The van der Waals surface area contributed by atoms with Gasteiger partial charge in [-0.25, -0.2) is 21.1 Å². The zero-order valence-corrected chi connectivity index (χ0v) is 23.2. The highest BCUT2D eigenvalue weighted by Crippen LogP contribution is 2.31. The second-order valence-corrected chi connectivity index (χ2v) is 13.8. The van der Waals surface area contributed by atoms with Crippen molar-refractivity contribution >= 4 is 47.6 Å². The first-order valence-electron chi connectivity index (χ1n) is 11.8. The lowest BCUT2D eigenvalue weighted by atomic mass is 9.97. The van der Waals surface area contributed by atoms with Crippen molar-refractivity contribution in [2.45, 2.75) is 36.3 Å². The van der Waals surface area contributed by atoms with E-state index in [0.717, 1.165) is 17.3 Å². The number of nitrogens with one attached hydrogen (secondary N) is 1. The molecule has 2 aromatic rings. The molecule has 2 fully saturated rings. The van der Waals surface area contributed by atoms with E-state index in [1.807, 2.05) is 6.07 Å². The molecule has 0 saturated carbocycles. The summed E-state index contributed by atoms with van der Waals surface area (Å²) in [5, 5.41) is 2.81. The first kappa shape index (κ1) is 27.1. The fraction of sp³-hybridized carbons (Fsp3) is 0.458. The average Bonchev–Trinajstić information content (AvgIpc) is 3.40. The van der Waals surface area contributed by atoms with Gasteiger partial charge in [-0.2, -0.15) is 4.31 Å². The van der Waals surface area contributed by atoms with Crippen LogP contribution in [0.1, 0.15) is 31.2 Å². The summed E-state index contributed by atoms with van der Waals surface area (Å²) in [4.78, 5) is 13.1. The summed E-state index contributed by atoms with van der Waals surface area (Å²) >= 11 is 3.36. The Hall–Kier alpha value is -1.99. The molecule has 1 N–H and O–H groups in total. The van der Waals surface area contributed by atoms with Gasteiger partial charge < -0.3 is 10.1 Å². The SMILES string of the molecule is COc1ccc(S(=O)(=O)N2CCCC2)cc1NC(=O)C1CCN(S(=O)(=O)Cc2cccc(Br)c2)CC1. The third-order valence-electron chi connectivity index (χ3n) is 6.59. The predicted octanol–water partition coefficient (Wildman–Crippen LogP) is 3.42. The maximum atomic E-state index is 13.0. The fourth-order valence-electron chi connectivity index (χ4n) is 4.58. The Kier molecular flexibility index (Phi) is 8.40. The lowest BCUT2D eigenvalue weighted by molar-refractivity contribution is -0.120. The van der Waals surface area contributed by atoms with Crippen molar-refractivity contribution in [1.82, 2.24) is 8.61 Å². The van der Waals surface area contributed by atoms with Crippen molar-refractivity contribution in [1.29, 1.82) is 0 Å². The molecule has 9 nitrogen and oxygen atoms in total. The van der Waals surface area contributed by atoms with Gasteiger partial charge in [0.15, 0.2) is 0 Å². The Morgan fingerprint density at radius 2 is 1.69 bits per heavy atom. The van der Waals surface area contributed by atoms with Crippen molar-refractivity contribution in [3.8, 4) is 5.75 Å². The standard InChI is InChI=1S/C24H30BrN3O6S2/c1-34-23-8-7-21(36(32,33)28-11-2-3-12-28)16-22(23)26-24(29)19-9-13-27(14-10-19)35(30,31)17-18-5-4-6-20(25)15-18/h4-8,15-16,19H,2-3,9-14,17H2,1H3,(H,26,29). The number of methoxy groups -OCH3 is 1. The molecule has 0 aromatic heterocycles. The summed E-state index contributed by atoms with van der Waals surface area (Å²) in [7, 11) is -5.71. The number of anilines is 1. The van der Waals surface area contributed by atoms with Crippen LogP contribution in [0.15, 0.2) is 51.8 Å². The molecule has 0 spiro atoms. The van der Waals surface area contributed by atoms with Gasteiger partial charge in [0.1, 0.15) is 5.75 Å². The maximum Gasteiger partial charge on any atom is 0.243 e. The van der Waals surface area contributed by atoms with E-state index in [4.69, 9.17) is 4.74 Å². The Labute approximate surface area is 221 Å². The summed E-state index contributed by atoms with van der Waals surface area (Å²) in [5.74, 6) is -0.421. The predicted molar refractivity (Wildman–Crippen MR) is 141 cm³/mol. The molecular weight excluding hydrogens is 570 g/mol. The van der Waals surface area contributed by atoms with Crippen molar-refractivity contribution in [2.24, 2.45) is 5.92 Å². The first-order valence-corrected chi connectivity index (χ1v) is 15.7. The topological polar surface area (TPSA) is 113 Å². The molecule has 2 saturated heterocycles. The Bertz CT molecular complexity index is 1320. The molecular formula is C24H30BrN3O6S2. The Morgan fingerprint density at radius 3 is 2.33 bits per heavy atom. The second-order valence-electron chi connectivity index (χ2n) is 9.02. The van der Waals surface area contributed by atoms with Gasteiger partial charge in [-0.15, -0.1) is 0 Å². The fourth-order valence-corrected chi connectivity index (χ4v) is 8.12. The molecule has 4 rings (SSSR count). The molecule has 2 aliphatic rings. The van der Waals surface area contributed by atoms with Crippen LogP contribution in [-0.4, -0.2) is 64.6 Å². The zero-order valence-electron chi connectivity index (χ0n) is 20.0. The molecule has 2 heterocycles. The van der Waals surface area contributed by atoms with Crippen molar-refractivity contribution in [2.75, 3.05) is 38.6 Å². The third kappa shape index (κ3) is 6.10. The van der Waals surface area contributed by atoms with Crippen LogP contribution in [-0.2, 0) is 30.6 Å². The monoisotopic (exact) mass is 599 g/mol. The molecule has 0 unspecified atom stereocenters. The molecule has 0 atom stereocenters. The summed E-state index contributed by atoms with van der Waals surface area (Å²) in [5.41, 5.74) is 0.979. The van der Waals surface area contributed by atoms with Gasteiger partial charge in [0.25, 0.3) is 0 Å². The summed E-state index contributed by atoms with van der Waals surface area (Å²) < 4.78 is 60.7. The average molecular weight is 601 g/mol. The number of hydrogen-bond acceptors (Lipinski definition) is 6. The molecule has 0 radical (unpaired) electrons. The second kappa shape index (κ2) is 11.2. The van der Waals surface area contributed by atoms with E-state index in [-0.39, 0.29) is 35.3 Å². The lowest BCUT2D eigenvalue weighted by Gasteiger charge is -2.30. The van der Waals surface area contributed by atoms with E-state index in [1.165, 1.54) is 33.9 Å². The van der Waals surface area contributed by atoms with E-state index < -0.39 is 26.0 Å². The number of hydrogen-bond donors (Lipinski definition) is 1. The van der Waals surface area contributed by atoms with E-state index in [9.17, 15) is 21.6 Å². The molecule has 2 aromatic carbocycles. The molecule has 0 aliphatic carbocycles. The molecule has 0 bridgehead atoms. The molecule has 2 aliphatic heterocycles. The smallest absolute Gasteiger partial charge is 0.243 e. The minimum absolute atomic E-state index is 0.0984. The van der Waals surface area contributed by atoms with Gasteiger partial charge in [0.05, 0.1) is 23.4 Å². The Morgan fingerprint density at radius 1 is 1.00 bits per heavy atom. The highest BCUT2D eigenvalue weighted by atomic mass is 79.9. The number of amides is 1. The quantitative estimate of drug-likeness (QED) is 0.497. The molecule has 196 valence electrons. The number of sulfonamides is 2. The number of benzene rings is 2. The van der Waals surface area contributed by atoms with Gasteiger partial charge >= 0.3 is 0 Å². The van der Waals surface area contributed by atoms with Gasteiger partial charge in [0, 0.05) is 36.6 Å². The zero-order chi connectivity index (χ0) is 25.9. The van der Waals surface area contributed by atoms with E-state index in [2.05, 4.69) is 21.2 Å². The van der Waals surface area contributed by atoms with Gasteiger partial charge in [-0.1, -0.05) is 28.1 Å². The molecule has 36 heavy (non-hydrogen) atoms. The molecule has 1 amide bonds. The van der Waals surface area contributed by atoms with Crippen LogP contribution in [0, 0.1) is 5.92 Å². The molecule has 12 heteroatoms. The van der Waals surface area contributed by atoms with Gasteiger partial charge in [-0.3, -0.25) is 4.79 Å². The summed E-state index contributed by atoms with van der Waals surface area (Å²) in [6, 6.07) is 11.6. The number of halogens is 1. The first-order chi connectivity index (χ1) is 17.1. The normalized spacial score (nSPS) is 18.3. The number of rotatable bonds is 8. The van der Waals surface area contributed by atoms with Crippen molar-refractivity contribution in [3.05, 3.63) is 52.5 Å². The van der Waals surface area contributed by atoms with Gasteiger partial charge in [0.2, 0.25) is 26.0 Å². The van der Waals surface area contributed by atoms with Crippen LogP contribution in [0.3, 0.4) is 0 Å². The highest BCUT2D eigenvalue weighted by Gasteiger charge is 2.32. The minimum atomic E-state index is -3.65. The maximum absolute atomic E-state index is 13.0. The highest BCUT2D eigenvalue weighted by molar-refractivity contribution is 9.10. The van der Waals surface area contributed by atoms with Crippen LogP contribution in [0.25, 0.3) is 0 Å². The van der Waals surface area contributed by atoms with Crippen molar-refractivity contribution in [3.63, 3.8) is 0 Å².